The lowest BCUT2D eigenvalue weighted by atomic mass is 9.72. The minimum Gasteiger partial charge on any atom is -0.489 e. The van der Waals surface area contributed by atoms with Crippen molar-refractivity contribution >= 4 is 29.6 Å². The number of rotatable bonds is 15. The number of aliphatic hydroxyl groups is 2. The number of fused-ring (bicyclic) bond motifs is 2. The molecular weight excluding hydrogens is 941 g/mol. The Labute approximate surface area is 434 Å². The second kappa shape index (κ2) is 23.7. The Morgan fingerprint density at radius 3 is 1.62 bits per heavy atom. The molecule has 72 heavy (non-hydrogen) atoms. The summed E-state index contributed by atoms with van der Waals surface area (Å²) in [5.41, 5.74) is 11.6. The highest BCUT2D eigenvalue weighted by atomic mass is 32.2. The van der Waals surface area contributed by atoms with Crippen molar-refractivity contribution in [1.82, 2.24) is 5.32 Å². The van der Waals surface area contributed by atoms with Crippen molar-refractivity contribution in [3.63, 3.8) is 0 Å². The number of hydrogen-bond donors (Lipinski definition) is 4. The summed E-state index contributed by atoms with van der Waals surface area (Å²) in [4.78, 5) is 17.6. The number of nitrogens with one attached hydrogen (secondary N) is 1. The van der Waals surface area contributed by atoms with Crippen molar-refractivity contribution < 1.29 is 38.7 Å². The molecule has 2 atom stereocenters. The van der Waals surface area contributed by atoms with Crippen LogP contribution in [0.3, 0.4) is 0 Å². The average molecular weight is 1010 g/mol. The Bertz CT molecular complexity index is 2710. The van der Waals surface area contributed by atoms with Gasteiger partial charge in [0.15, 0.2) is 5.79 Å². The topological polar surface area (TPSA) is 142 Å². The van der Waals surface area contributed by atoms with Crippen molar-refractivity contribution in [2.45, 2.75) is 128 Å². The van der Waals surface area contributed by atoms with Gasteiger partial charge in [0.05, 0.1) is 37.5 Å². The Hall–Kier alpha value is -5.31. The van der Waals surface area contributed by atoms with Gasteiger partial charge in [-0.2, -0.15) is 0 Å². The molecule has 0 radical (unpaired) electrons. The van der Waals surface area contributed by atoms with Crippen LogP contribution in [-0.2, 0) is 53.1 Å². The first-order chi connectivity index (χ1) is 34.6. The molecule has 2 aliphatic carbocycles. The highest BCUT2D eigenvalue weighted by Crippen LogP contribution is 2.41. The summed E-state index contributed by atoms with van der Waals surface area (Å²) < 4.78 is 29.8. The first kappa shape index (κ1) is 53.0. The fourth-order valence-corrected chi connectivity index (χ4v) is 11.3. The molecule has 1 aliphatic heterocycles. The molecule has 0 bridgehead atoms. The zero-order chi connectivity index (χ0) is 50.8. The second-order valence-electron chi connectivity index (χ2n) is 20.8. The number of alkyl carbamates (subject to hydrolysis) is 1. The van der Waals surface area contributed by atoms with E-state index in [1.165, 1.54) is 32.0 Å². The second-order valence-corrected chi connectivity index (χ2v) is 23.0. The summed E-state index contributed by atoms with van der Waals surface area (Å²) in [6, 6.07) is 50.1. The summed E-state index contributed by atoms with van der Waals surface area (Å²) in [5.74, 6) is 1.30. The largest absolute Gasteiger partial charge is 0.489 e. The van der Waals surface area contributed by atoms with E-state index in [1.54, 1.807) is 23.5 Å². The van der Waals surface area contributed by atoms with Crippen molar-refractivity contribution in [3.05, 3.63) is 179 Å². The number of aliphatic hydroxyl groups excluding tert-OH is 2. The van der Waals surface area contributed by atoms with E-state index < -0.39 is 28.6 Å². The smallest absolute Gasteiger partial charge is 0.408 e. The highest BCUT2D eigenvalue weighted by Gasteiger charge is 2.48. The third-order valence-electron chi connectivity index (χ3n) is 13.7. The van der Waals surface area contributed by atoms with Crippen LogP contribution in [-0.4, -0.2) is 65.2 Å². The fraction of sp³-hybridized carbons (Fsp3) is 0.383. The van der Waals surface area contributed by atoms with Gasteiger partial charge in [-0.15, -0.1) is 0 Å². The van der Waals surface area contributed by atoms with E-state index in [-0.39, 0.29) is 25.0 Å². The number of aryl methyl sites for hydroxylation is 2. The molecule has 0 saturated carbocycles. The molecule has 1 heterocycles. The summed E-state index contributed by atoms with van der Waals surface area (Å²) in [6.45, 7) is 10.9. The normalized spacial score (nSPS) is 18.1. The first-order valence-electron chi connectivity index (χ1n) is 25.0. The fourth-order valence-electron chi connectivity index (χ4n) is 9.47. The van der Waals surface area contributed by atoms with Crippen LogP contribution < -0.4 is 20.5 Å². The minimum absolute atomic E-state index is 0.0898. The lowest BCUT2D eigenvalue weighted by Gasteiger charge is -2.49. The maximum Gasteiger partial charge on any atom is 0.408 e. The minimum atomic E-state index is -0.911. The van der Waals surface area contributed by atoms with Gasteiger partial charge in [0.2, 0.25) is 0 Å². The van der Waals surface area contributed by atoms with Crippen LogP contribution in [0.4, 0.5) is 4.79 Å². The summed E-state index contributed by atoms with van der Waals surface area (Å²) in [7, 11) is 0. The molecule has 1 amide bonds. The monoisotopic (exact) mass is 1010 g/mol. The number of carbonyl (C=O) groups is 1. The highest BCUT2D eigenvalue weighted by molar-refractivity contribution is 7.99. The molecule has 12 heteroatoms. The maximum atomic E-state index is 12.9. The van der Waals surface area contributed by atoms with Crippen LogP contribution in [0, 0.1) is 11.8 Å². The molecule has 0 aromatic heterocycles. The first-order valence-corrected chi connectivity index (χ1v) is 26.6. The zero-order valence-corrected chi connectivity index (χ0v) is 43.9. The maximum absolute atomic E-state index is 12.9. The van der Waals surface area contributed by atoms with E-state index in [9.17, 15) is 15.0 Å². The van der Waals surface area contributed by atoms with E-state index in [0.29, 0.717) is 26.4 Å². The average Bonchev–Trinajstić information content (AvgIpc) is 3.38. The van der Waals surface area contributed by atoms with Gasteiger partial charge >= 0.3 is 6.09 Å². The Kier molecular flexibility index (Phi) is 17.4. The van der Waals surface area contributed by atoms with Gasteiger partial charge in [-0.1, -0.05) is 108 Å². The number of carbonyl (C=O) groups excluding carboxylic acids is 1. The number of benzene rings is 6. The standard InChI is InChI=1S/C34H41NO5S.C26H29NO3S/c1-32(2,3)40-31(36)35-34(22-38-33(4,5)39-23-34)27-16-14-26-19-30(17-15-25(26)18-27)41-29-13-9-12-28(20-29)37-21-24-10-7-6-8-11-24;27-26(17-28,18-29)22-11-9-21-14-25(12-10-20(21)13-22)31-24-8-4-7-23(15-24)30-16-19-5-2-1-3-6-19/h6-13,15,17,19-20,27H,14,16,18,21-23H2,1-5H3,(H,35,36);1-8,10,12,14-15,22,28-29H,9,11,13,16-18,27H2. The van der Waals surface area contributed by atoms with E-state index in [1.807, 2.05) is 95.3 Å². The molecule has 2 unspecified atom stereocenters. The molecule has 1 fully saturated rings. The number of ether oxygens (including phenoxy) is 5. The van der Waals surface area contributed by atoms with Gasteiger partial charge in [-0.3, -0.25) is 0 Å². The van der Waals surface area contributed by atoms with Crippen molar-refractivity contribution in [1.29, 1.82) is 0 Å². The van der Waals surface area contributed by atoms with E-state index >= 15 is 0 Å². The Morgan fingerprint density at radius 2 is 1.12 bits per heavy atom. The Balaban J connectivity index is 0.000000200. The van der Waals surface area contributed by atoms with Crippen molar-refractivity contribution in [2.75, 3.05) is 26.4 Å². The third kappa shape index (κ3) is 14.5. The molecule has 6 aromatic rings. The van der Waals surface area contributed by atoms with Crippen molar-refractivity contribution in [2.24, 2.45) is 17.6 Å². The summed E-state index contributed by atoms with van der Waals surface area (Å²) in [5, 5.41) is 22.4. The molecule has 0 spiro atoms. The van der Waals surface area contributed by atoms with Crippen LogP contribution in [0.1, 0.15) is 80.8 Å². The molecule has 5 N–H and O–H groups in total. The van der Waals surface area contributed by atoms with E-state index in [2.05, 4.69) is 90.2 Å². The van der Waals surface area contributed by atoms with Crippen LogP contribution in [0.2, 0.25) is 0 Å². The lowest BCUT2D eigenvalue weighted by molar-refractivity contribution is -0.277. The number of hydrogen-bond acceptors (Lipinski definition) is 11. The number of amides is 1. The van der Waals surface area contributed by atoms with Gasteiger partial charge < -0.3 is 44.9 Å². The SMILES string of the molecule is CC(C)(C)OC(=O)NC1(C2CCc3cc(Sc4cccc(OCc5ccccc5)c4)ccc3C2)COC(C)(C)OC1.NC(CO)(CO)C1CCc2cc(Sc3cccc(OCc4ccccc4)c3)ccc2C1. The van der Waals surface area contributed by atoms with Gasteiger partial charge in [0.1, 0.15) is 30.3 Å². The molecule has 380 valence electrons. The van der Waals surface area contributed by atoms with E-state index in [0.717, 1.165) is 70.9 Å². The van der Waals surface area contributed by atoms with Gasteiger partial charge in [-0.25, -0.2) is 4.79 Å². The van der Waals surface area contributed by atoms with Crippen molar-refractivity contribution in [3.8, 4) is 11.5 Å². The molecule has 10 nitrogen and oxygen atoms in total. The predicted molar refractivity (Wildman–Crippen MR) is 286 cm³/mol. The van der Waals surface area contributed by atoms with Gasteiger partial charge in [-0.05, 0) is 179 Å². The van der Waals surface area contributed by atoms with Crippen LogP contribution >= 0.6 is 23.5 Å². The molecule has 6 aromatic carbocycles. The third-order valence-corrected chi connectivity index (χ3v) is 15.6. The molecular formula is C60H70N2O8S2. The lowest BCUT2D eigenvalue weighted by Crippen LogP contribution is -2.66. The zero-order valence-electron chi connectivity index (χ0n) is 42.2. The van der Waals surface area contributed by atoms with Gasteiger partial charge in [0.25, 0.3) is 0 Å². The quantitative estimate of drug-likeness (QED) is 0.0781. The predicted octanol–water partition coefficient (Wildman–Crippen LogP) is 11.8. The number of nitrogens with two attached hydrogens (primary N) is 1. The van der Waals surface area contributed by atoms with Crippen LogP contribution in [0.5, 0.6) is 11.5 Å². The molecule has 3 aliphatic rings. The molecule has 9 rings (SSSR count). The Morgan fingerprint density at radius 1 is 0.639 bits per heavy atom. The molecule has 1 saturated heterocycles. The summed E-state index contributed by atoms with van der Waals surface area (Å²) in [6.07, 6.45) is 4.83. The summed E-state index contributed by atoms with van der Waals surface area (Å²) >= 11 is 3.47. The van der Waals surface area contributed by atoms with Gasteiger partial charge in [0, 0.05) is 19.6 Å². The van der Waals surface area contributed by atoms with Crippen LogP contribution in [0.15, 0.2) is 165 Å². The van der Waals surface area contributed by atoms with Crippen LogP contribution in [0.25, 0.3) is 0 Å². The van der Waals surface area contributed by atoms with E-state index in [4.69, 9.17) is 29.4 Å².